The molecule has 2 N–H and O–H groups in total. The first-order chi connectivity index (χ1) is 9.76. The smallest absolute Gasteiger partial charge is 0.186 e. The molecule has 2 rings (SSSR count). The van der Waals surface area contributed by atoms with Crippen LogP contribution in [0.2, 0.25) is 0 Å². The summed E-state index contributed by atoms with van der Waals surface area (Å²) < 4.78 is 5.37. The molecule has 0 heterocycles. The predicted octanol–water partition coefficient (Wildman–Crippen LogP) is 2.67. The van der Waals surface area contributed by atoms with E-state index in [1.54, 1.807) is 13.3 Å². The number of nitrogens with zero attached hydrogens (tertiary/aromatic N) is 1. The molecule has 104 valence electrons. The molecule has 0 spiro atoms. The maximum atomic E-state index is 5.37. The molecule has 0 unspecified atom stereocenters. The summed E-state index contributed by atoms with van der Waals surface area (Å²) >= 11 is 5.05. The van der Waals surface area contributed by atoms with Crippen LogP contribution in [-0.4, -0.2) is 25.0 Å². The number of nitrogens with one attached hydrogen (secondary N) is 2. The van der Waals surface area contributed by atoms with Gasteiger partial charge in [-0.15, -0.1) is 0 Å². The number of thiocarbonyl (C=S) groups is 1. The van der Waals surface area contributed by atoms with Gasteiger partial charge in [0.25, 0.3) is 0 Å². The van der Waals surface area contributed by atoms with Gasteiger partial charge in [0, 0.05) is 17.5 Å². The van der Waals surface area contributed by atoms with Gasteiger partial charge in [0.2, 0.25) is 0 Å². The summed E-state index contributed by atoms with van der Waals surface area (Å²) in [4.78, 5) is 0. The number of rotatable bonds is 4. The van der Waals surface area contributed by atoms with Crippen molar-refractivity contribution in [2.75, 3.05) is 13.7 Å². The van der Waals surface area contributed by atoms with Gasteiger partial charge in [0.1, 0.15) is 5.75 Å². The van der Waals surface area contributed by atoms with Crippen LogP contribution in [-0.2, 0) is 0 Å². The van der Waals surface area contributed by atoms with E-state index in [0.29, 0.717) is 5.11 Å². The number of methoxy groups -OCH3 is 1. The summed E-state index contributed by atoms with van der Waals surface area (Å²) in [6.07, 6.45) is 1.76. The molecular weight excluding hydrogens is 270 g/mol. The Morgan fingerprint density at radius 3 is 2.70 bits per heavy atom. The highest BCUT2D eigenvalue weighted by molar-refractivity contribution is 7.80. The van der Waals surface area contributed by atoms with Gasteiger partial charge < -0.3 is 10.1 Å². The van der Waals surface area contributed by atoms with E-state index >= 15 is 0 Å². The zero-order valence-electron chi connectivity index (χ0n) is 11.5. The van der Waals surface area contributed by atoms with Crippen molar-refractivity contribution < 1.29 is 4.74 Å². The van der Waals surface area contributed by atoms with Gasteiger partial charge in [-0.3, -0.25) is 5.43 Å². The molecule has 0 aliphatic carbocycles. The molecule has 2 aromatic carbocycles. The number of hydrogen-bond donors (Lipinski definition) is 2. The van der Waals surface area contributed by atoms with E-state index in [9.17, 15) is 0 Å². The normalized spacial score (nSPS) is 10.7. The monoisotopic (exact) mass is 287 g/mol. The molecule has 0 aromatic heterocycles. The number of hydrogen-bond acceptors (Lipinski definition) is 3. The highest BCUT2D eigenvalue weighted by atomic mass is 32.1. The molecule has 2 aromatic rings. The Morgan fingerprint density at radius 2 is 2.00 bits per heavy atom. The molecule has 0 saturated carbocycles. The first-order valence-electron chi connectivity index (χ1n) is 6.39. The Morgan fingerprint density at radius 1 is 1.25 bits per heavy atom. The molecule has 0 atom stereocenters. The van der Waals surface area contributed by atoms with E-state index in [4.69, 9.17) is 17.0 Å². The molecule has 0 fully saturated rings. The lowest BCUT2D eigenvalue weighted by atomic mass is 10.0. The maximum Gasteiger partial charge on any atom is 0.186 e. The first-order valence-corrected chi connectivity index (χ1v) is 6.79. The summed E-state index contributed by atoms with van der Waals surface area (Å²) in [6.45, 7) is 2.75. The molecule has 4 nitrogen and oxygen atoms in total. The van der Waals surface area contributed by atoms with Crippen molar-refractivity contribution in [2.24, 2.45) is 5.10 Å². The van der Waals surface area contributed by atoms with Crippen molar-refractivity contribution in [1.29, 1.82) is 0 Å². The molecule has 0 radical (unpaired) electrons. The van der Waals surface area contributed by atoms with Crippen LogP contribution in [0.3, 0.4) is 0 Å². The van der Waals surface area contributed by atoms with Crippen molar-refractivity contribution in [3.05, 3.63) is 42.0 Å². The van der Waals surface area contributed by atoms with Crippen LogP contribution in [0.15, 0.2) is 41.5 Å². The number of hydrazone groups is 1. The SMILES string of the molecule is CCNC(=S)N/N=C\c1ccc(OC)c2ccccc12. The second-order valence-corrected chi connectivity index (χ2v) is 4.54. The van der Waals surface area contributed by atoms with Crippen LogP contribution in [0.25, 0.3) is 10.8 Å². The highest BCUT2D eigenvalue weighted by Gasteiger charge is 2.04. The Labute approximate surface area is 123 Å². The van der Waals surface area contributed by atoms with E-state index in [1.165, 1.54) is 0 Å². The third kappa shape index (κ3) is 3.24. The van der Waals surface area contributed by atoms with Gasteiger partial charge in [-0.25, -0.2) is 0 Å². The van der Waals surface area contributed by atoms with Crippen LogP contribution < -0.4 is 15.5 Å². The average Bonchev–Trinajstić information content (AvgIpc) is 2.47. The van der Waals surface area contributed by atoms with Crippen LogP contribution in [0.1, 0.15) is 12.5 Å². The minimum Gasteiger partial charge on any atom is -0.496 e. The fourth-order valence-electron chi connectivity index (χ4n) is 1.95. The van der Waals surface area contributed by atoms with E-state index < -0.39 is 0 Å². The number of benzene rings is 2. The van der Waals surface area contributed by atoms with Gasteiger partial charge in [-0.2, -0.15) is 5.10 Å². The van der Waals surface area contributed by atoms with Gasteiger partial charge in [-0.05, 0) is 36.7 Å². The van der Waals surface area contributed by atoms with E-state index in [0.717, 1.165) is 28.6 Å². The van der Waals surface area contributed by atoms with Crippen molar-refractivity contribution in [3.8, 4) is 5.75 Å². The summed E-state index contributed by atoms with van der Waals surface area (Å²) in [5.74, 6) is 0.855. The minimum atomic E-state index is 0.515. The largest absolute Gasteiger partial charge is 0.496 e. The lowest BCUT2D eigenvalue weighted by Crippen LogP contribution is -2.31. The van der Waals surface area contributed by atoms with Crippen LogP contribution in [0, 0.1) is 0 Å². The summed E-state index contributed by atoms with van der Waals surface area (Å²) in [6, 6.07) is 12.0. The van der Waals surface area contributed by atoms with Crippen molar-refractivity contribution in [2.45, 2.75) is 6.92 Å². The molecule has 0 aliphatic heterocycles. The van der Waals surface area contributed by atoms with E-state index in [2.05, 4.69) is 15.8 Å². The van der Waals surface area contributed by atoms with E-state index in [1.807, 2.05) is 43.3 Å². The Balaban J connectivity index is 2.27. The third-order valence-electron chi connectivity index (χ3n) is 2.84. The molecule has 0 aliphatic rings. The summed E-state index contributed by atoms with van der Waals surface area (Å²) in [5, 5.41) is 9.79. The minimum absolute atomic E-state index is 0.515. The average molecular weight is 287 g/mol. The molecule has 0 bridgehead atoms. The fraction of sp³-hybridized carbons (Fsp3) is 0.200. The topological polar surface area (TPSA) is 45.7 Å². The molecule has 20 heavy (non-hydrogen) atoms. The standard InChI is InChI=1S/C15H17N3OS/c1-3-16-15(20)18-17-10-11-8-9-14(19-2)13-7-5-4-6-12(11)13/h4-10H,3H2,1-2H3,(H2,16,18,20)/b17-10-. The molecule has 5 heteroatoms. The van der Waals surface area contributed by atoms with Gasteiger partial charge in [0.15, 0.2) is 5.11 Å². The van der Waals surface area contributed by atoms with Crippen LogP contribution in [0.5, 0.6) is 5.75 Å². The fourth-order valence-corrected chi connectivity index (χ4v) is 2.14. The van der Waals surface area contributed by atoms with Gasteiger partial charge >= 0.3 is 0 Å². The zero-order chi connectivity index (χ0) is 14.4. The van der Waals surface area contributed by atoms with Gasteiger partial charge in [-0.1, -0.05) is 24.3 Å². The lowest BCUT2D eigenvalue weighted by Gasteiger charge is -2.08. The number of ether oxygens (including phenoxy) is 1. The van der Waals surface area contributed by atoms with Crippen LogP contribution >= 0.6 is 12.2 Å². The van der Waals surface area contributed by atoms with Gasteiger partial charge in [0.05, 0.1) is 13.3 Å². The molecular formula is C15H17N3OS. The second-order valence-electron chi connectivity index (χ2n) is 4.13. The Hall–Kier alpha value is -2.14. The second kappa shape index (κ2) is 6.86. The molecule has 0 amide bonds. The third-order valence-corrected chi connectivity index (χ3v) is 3.08. The Bertz CT molecular complexity index is 640. The van der Waals surface area contributed by atoms with Crippen molar-refractivity contribution >= 4 is 34.3 Å². The summed E-state index contributed by atoms with van der Waals surface area (Å²) in [7, 11) is 1.67. The number of fused-ring (bicyclic) bond motifs is 1. The van der Waals surface area contributed by atoms with Crippen molar-refractivity contribution in [3.63, 3.8) is 0 Å². The maximum absolute atomic E-state index is 5.37. The Kier molecular flexibility index (Phi) is 4.90. The van der Waals surface area contributed by atoms with E-state index in [-0.39, 0.29) is 0 Å². The first kappa shape index (κ1) is 14.3. The van der Waals surface area contributed by atoms with Crippen LogP contribution in [0.4, 0.5) is 0 Å². The summed E-state index contributed by atoms with van der Waals surface area (Å²) in [5.41, 5.74) is 3.79. The quantitative estimate of drug-likeness (QED) is 0.515. The molecule has 0 saturated heterocycles. The lowest BCUT2D eigenvalue weighted by molar-refractivity contribution is 0.420. The predicted molar refractivity (Wildman–Crippen MR) is 87.5 cm³/mol. The van der Waals surface area contributed by atoms with Crippen molar-refractivity contribution in [1.82, 2.24) is 10.7 Å². The highest BCUT2D eigenvalue weighted by Crippen LogP contribution is 2.27. The zero-order valence-corrected chi connectivity index (χ0v) is 12.3.